The Morgan fingerprint density at radius 2 is 1.56 bits per heavy atom. The van der Waals surface area contributed by atoms with Crippen molar-refractivity contribution < 1.29 is 14.3 Å². The summed E-state index contributed by atoms with van der Waals surface area (Å²) in [5.74, 6) is -0.615. The van der Waals surface area contributed by atoms with Gasteiger partial charge in [-0.05, 0) is 24.1 Å². The molecule has 0 aliphatic carbocycles. The topological polar surface area (TPSA) is 102 Å². The number of rotatable bonds is 7. The Bertz CT molecular complexity index is 1380. The number of ether oxygens (including phenoxy) is 1. The second-order valence-corrected chi connectivity index (χ2v) is 7.58. The number of carbonyl (C=O) groups is 2. The molecule has 34 heavy (non-hydrogen) atoms. The van der Waals surface area contributed by atoms with Crippen LogP contribution in [-0.4, -0.2) is 28.2 Å². The van der Waals surface area contributed by atoms with Crippen molar-refractivity contribution in [1.29, 1.82) is 0 Å². The number of hydrogen-bond acceptors (Lipinski definition) is 5. The molecule has 0 atom stereocenters. The molecule has 0 radical (unpaired) electrons. The first-order chi connectivity index (χ1) is 16.6. The Morgan fingerprint density at radius 1 is 0.882 bits per heavy atom. The van der Waals surface area contributed by atoms with Gasteiger partial charge in [-0.3, -0.25) is 25.2 Å². The molecule has 172 valence electrons. The number of amides is 2. The number of aromatic nitrogens is 2. The SMILES string of the molecule is CCCn1nc(C(=O)NNC(=O)COc2ccccc2-c2ccccc2)c2ccccc2c1=O. The Balaban J connectivity index is 1.44. The van der Waals surface area contributed by atoms with Gasteiger partial charge in [0.2, 0.25) is 0 Å². The number of nitrogens with zero attached hydrogens (tertiary/aromatic N) is 2. The maximum Gasteiger partial charge on any atom is 0.290 e. The number of benzene rings is 3. The summed E-state index contributed by atoms with van der Waals surface area (Å²) in [4.78, 5) is 37.8. The third-order valence-electron chi connectivity index (χ3n) is 5.16. The molecule has 2 N–H and O–H groups in total. The molecule has 4 aromatic rings. The summed E-state index contributed by atoms with van der Waals surface area (Å²) in [6.07, 6.45) is 0.685. The summed E-state index contributed by atoms with van der Waals surface area (Å²) in [5, 5.41) is 5.02. The molecule has 1 heterocycles. The van der Waals surface area contributed by atoms with Crippen LogP contribution in [0.2, 0.25) is 0 Å². The predicted molar refractivity (Wildman–Crippen MR) is 129 cm³/mol. The summed E-state index contributed by atoms with van der Waals surface area (Å²) in [5.41, 5.74) is 6.33. The Hall–Kier alpha value is -4.46. The molecule has 8 nitrogen and oxygen atoms in total. The van der Waals surface area contributed by atoms with E-state index in [0.717, 1.165) is 11.1 Å². The molecule has 0 fully saturated rings. The van der Waals surface area contributed by atoms with Crippen molar-refractivity contribution in [3.63, 3.8) is 0 Å². The number of fused-ring (bicyclic) bond motifs is 1. The minimum atomic E-state index is -0.626. The molecule has 0 aliphatic heterocycles. The highest BCUT2D eigenvalue weighted by Crippen LogP contribution is 2.29. The van der Waals surface area contributed by atoms with Crippen molar-refractivity contribution in [3.8, 4) is 16.9 Å². The number of para-hydroxylation sites is 1. The molecule has 0 saturated heterocycles. The van der Waals surface area contributed by atoms with Crippen molar-refractivity contribution >= 4 is 22.6 Å². The lowest BCUT2D eigenvalue weighted by Gasteiger charge is -2.13. The van der Waals surface area contributed by atoms with Crippen LogP contribution in [0.15, 0.2) is 83.7 Å². The van der Waals surface area contributed by atoms with E-state index in [1.54, 1.807) is 30.3 Å². The van der Waals surface area contributed by atoms with Gasteiger partial charge in [-0.25, -0.2) is 4.68 Å². The van der Waals surface area contributed by atoms with Crippen molar-refractivity contribution in [1.82, 2.24) is 20.6 Å². The van der Waals surface area contributed by atoms with Gasteiger partial charge in [0.25, 0.3) is 17.4 Å². The third kappa shape index (κ3) is 4.96. The minimum absolute atomic E-state index is 0.0549. The molecule has 0 unspecified atom stereocenters. The monoisotopic (exact) mass is 456 g/mol. The number of nitrogens with one attached hydrogen (secondary N) is 2. The van der Waals surface area contributed by atoms with E-state index < -0.39 is 11.8 Å². The van der Waals surface area contributed by atoms with Crippen LogP contribution >= 0.6 is 0 Å². The van der Waals surface area contributed by atoms with Gasteiger partial charge < -0.3 is 4.74 Å². The van der Waals surface area contributed by atoms with Crippen molar-refractivity contribution in [3.05, 3.63) is 94.9 Å². The van der Waals surface area contributed by atoms with Crippen LogP contribution in [0.1, 0.15) is 23.8 Å². The zero-order valence-electron chi connectivity index (χ0n) is 18.7. The molecular formula is C26H24N4O4. The molecule has 8 heteroatoms. The lowest BCUT2D eigenvalue weighted by molar-refractivity contribution is -0.123. The summed E-state index contributed by atoms with van der Waals surface area (Å²) in [6.45, 7) is 2.00. The fourth-order valence-corrected chi connectivity index (χ4v) is 3.58. The van der Waals surface area contributed by atoms with Gasteiger partial charge in [-0.2, -0.15) is 5.10 Å². The van der Waals surface area contributed by atoms with E-state index in [1.165, 1.54) is 4.68 Å². The van der Waals surface area contributed by atoms with Crippen LogP contribution in [0.5, 0.6) is 5.75 Å². The highest BCUT2D eigenvalue weighted by atomic mass is 16.5. The van der Waals surface area contributed by atoms with E-state index in [9.17, 15) is 14.4 Å². The maximum atomic E-state index is 12.8. The first-order valence-corrected chi connectivity index (χ1v) is 10.9. The first-order valence-electron chi connectivity index (χ1n) is 10.9. The molecule has 3 aromatic carbocycles. The van der Waals surface area contributed by atoms with Gasteiger partial charge in [0.1, 0.15) is 5.75 Å². The number of carbonyl (C=O) groups excluding carboxylic acids is 2. The van der Waals surface area contributed by atoms with Gasteiger partial charge in [-0.15, -0.1) is 0 Å². The first kappa shape index (κ1) is 22.7. The average molecular weight is 457 g/mol. The summed E-state index contributed by atoms with van der Waals surface area (Å²) in [7, 11) is 0. The molecule has 2 amide bonds. The second-order valence-electron chi connectivity index (χ2n) is 7.58. The molecule has 0 spiro atoms. The number of hydrogen-bond donors (Lipinski definition) is 2. The van der Waals surface area contributed by atoms with Crippen LogP contribution in [0.4, 0.5) is 0 Å². The van der Waals surface area contributed by atoms with E-state index >= 15 is 0 Å². The quantitative estimate of drug-likeness (QED) is 0.416. The molecule has 4 rings (SSSR count). The second kappa shape index (κ2) is 10.4. The largest absolute Gasteiger partial charge is 0.483 e. The molecule has 0 saturated carbocycles. The average Bonchev–Trinajstić information content (AvgIpc) is 2.88. The van der Waals surface area contributed by atoms with Crippen molar-refractivity contribution in [2.75, 3.05) is 6.61 Å². The van der Waals surface area contributed by atoms with E-state index in [-0.39, 0.29) is 17.9 Å². The molecule has 0 aliphatic rings. The van der Waals surface area contributed by atoms with Crippen molar-refractivity contribution in [2.24, 2.45) is 0 Å². The van der Waals surface area contributed by atoms with Crippen molar-refractivity contribution in [2.45, 2.75) is 19.9 Å². The van der Waals surface area contributed by atoms with E-state index in [2.05, 4.69) is 16.0 Å². The predicted octanol–water partition coefficient (Wildman–Crippen LogP) is 3.31. The summed E-state index contributed by atoms with van der Waals surface area (Å²) in [6, 6.07) is 23.9. The Kier molecular flexibility index (Phi) is 6.98. The Labute approximate surface area is 196 Å². The lowest BCUT2D eigenvalue weighted by Crippen LogP contribution is -2.44. The van der Waals surface area contributed by atoms with Crippen LogP contribution in [0.3, 0.4) is 0 Å². The van der Waals surface area contributed by atoms with Crippen LogP contribution < -0.4 is 21.1 Å². The van der Waals surface area contributed by atoms with Crippen LogP contribution in [0, 0.1) is 0 Å². The van der Waals surface area contributed by atoms with Gasteiger partial charge in [-0.1, -0.05) is 73.7 Å². The van der Waals surface area contributed by atoms with Gasteiger partial charge in [0.05, 0.1) is 5.39 Å². The standard InChI is InChI=1S/C26H24N4O4/c1-2-16-30-26(33)21-14-7-6-13-20(21)24(29-30)25(32)28-27-23(31)17-34-22-15-9-8-12-19(22)18-10-4-3-5-11-18/h3-15H,2,16-17H2,1H3,(H,27,31)(H,28,32). The molecule has 0 bridgehead atoms. The van der Waals surface area contributed by atoms with E-state index in [1.807, 2.05) is 55.5 Å². The molecule has 1 aromatic heterocycles. The summed E-state index contributed by atoms with van der Waals surface area (Å²) < 4.78 is 6.97. The number of aryl methyl sites for hydroxylation is 1. The lowest BCUT2D eigenvalue weighted by atomic mass is 10.1. The Morgan fingerprint density at radius 3 is 2.32 bits per heavy atom. The van der Waals surface area contributed by atoms with E-state index in [0.29, 0.717) is 29.5 Å². The minimum Gasteiger partial charge on any atom is -0.483 e. The zero-order chi connectivity index (χ0) is 23.9. The fourth-order valence-electron chi connectivity index (χ4n) is 3.58. The van der Waals surface area contributed by atoms with Crippen LogP contribution in [0.25, 0.3) is 21.9 Å². The van der Waals surface area contributed by atoms with E-state index in [4.69, 9.17) is 4.74 Å². The molecular weight excluding hydrogens is 432 g/mol. The van der Waals surface area contributed by atoms with Gasteiger partial charge in [0.15, 0.2) is 12.3 Å². The number of hydrazine groups is 1. The highest BCUT2D eigenvalue weighted by molar-refractivity contribution is 6.05. The summed E-state index contributed by atoms with van der Waals surface area (Å²) >= 11 is 0. The smallest absolute Gasteiger partial charge is 0.290 e. The maximum absolute atomic E-state index is 12.8. The van der Waals surface area contributed by atoms with Gasteiger partial charge in [0, 0.05) is 17.5 Å². The highest BCUT2D eigenvalue weighted by Gasteiger charge is 2.17. The third-order valence-corrected chi connectivity index (χ3v) is 5.16. The van der Waals surface area contributed by atoms with Crippen LogP contribution in [-0.2, 0) is 11.3 Å². The zero-order valence-corrected chi connectivity index (χ0v) is 18.7. The normalized spacial score (nSPS) is 10.6. The van der Waals surface area contributed by atoms with Gasteiger partial charge >= 0.3 is 0 Å². The fraction of sp³-hybridized carbons (Fsp3) is 0.154.